The highest BCUT2D eigenvalue weighted by atomic mass is 32.1. The molecule has 3 aromatic rings. The van der Waals surface area contributed by atoms with Gasteiger partial charge in [0.1, 0.15) is 0 Å². The van der Waals surface area contributed by atoms with Gasteiger partial charge in [-0.25, -0.2) is 4.79 Å². The number of rotatable bonds is 3. The summed E-state index contributed by atoms with van der Waals surface area (Å²) in [6.07, 6.45) is -0.558. The van der Waals surface area contributed by atoms with Crippen LogP contribution in [0.15, 0.2) is 36.4 Å². The van der Waals surface area contributed by atoms with Gasteiger partial charge in [0, 0.05) is 16.5 Å². The van der Waals surface area contributed by atoms with Crippen LogP contribution in [0, 0.1) is 5.92 Å². The molecule has 1 heterocycles. The summed E-state index contributed by atoms with van der Waals surface area (Å²) in [4.78, 5) is 25.1. The molecule has 1 amide bonds. The number of carbonyl (C=O) groups is 2. The van der Waals surface area contributed by atoms with E-state index in [1.807, 2.05) is 38.1 Å². The lowest BCUT2D eigenvalue weighted by molar-refractivity contribution is 0.104. The van der Waals surface area contributed by atoms with Gasteiger partial charge in [0.2, 0.25) is 0 Å². The first kappa shape index (κ1) is 15.8. The predicted octanol–water partition coefficient (Wildman–Crippen LogP) is 4.71. The van der Waals surface area contributed by atoms with Crippen LogP contribution in [0.1, 0.15) is 29.8 Å². The third-order valence-electron chi connectivity index (χ3n) is 4.07. The molecule has 0 unspecified atom stereocenters. The molecular weight excluding hydrogens is 336 g/mol. The summed E-state index contributed by atoms with van der Waals surface area (Å²) in [7, 11) is 0. The van der Waals surface area contributed by atoms with Crippen molar-refractivity contribution in [1.29, 1.82) is 0 Å². The van der Waals surface area contributed by atoms with E-state index in [-0.39, 0.29) is 11.7 Å². The summed E-state index contributed by atoms with van der Waals surface area (Å²) >= 11 is 1.38. The minimum Gasteiger partial charge on any atom is -0.449 e. The fraction of sp³-hybridized carbons (Fsp3) is 0.211. The van der Waals surface area contributed by atoms with Crippen LogP contribution in [0.4, 0.5) is 10.5 Å². The fourth-order valence-electron chi connectivity index (χ4n) is 2.99. The zero-order valence-corrected chi connectivity index (χ0v) is 14.6. The Bertz CT molecular complexity index is 1010. The van der Waals surface area contributed by atoms with Crippen molar-refractivity contribution in [1.82, 2.24) is 4.37 Å². The first-order valence-electron chi connectivity index (χ1n) is 8.06. The molecule has 0 saturated heterocycles. The molecule has 5 nitrogen and oxygen atoms in total. The molecule has 1 aliphatic rings. The van der Waals surface area contributed by atoms with E-state index >= 15 is 0 Å². The molecular formula is C19H16N2O3S. The van der Waals surface area contributed by atoms with E-state index in [0.717, 1.165) is 21.3 Å². The maximum atomic E-state index is 13.0. The Morgan fingerprint density at radius 3 is 2.76 bits per heavy atom. The molecule has 25 heavy (non-hydrogen) atoms. The molecule has 0 aliphatic heterocycles. The van der Waals surface area contributed by atoms with Crippen molar-refractivity contribution in [3.8, 4) is 11.3 Å². The quantitative estimate of drug-likeness (QED) is 0.580. The lowest BCUT2D eigenvalue weighted by Gasteiger charge is -2.18. The Balaban J connectivity index is 1.78. The number of aromatic nitrogens is 1. The van der Waals surface area contributed by atoms with Crippen LogP contribution in [-0.2, 0) is 4.74 Å². The van der Waals surface area contributed by atoms with Gasteiger partial charge in [0.25, 0.3) is 0 Å². The third-order valence-corrected chi connectivity index (χ3v) is 4.88. The zero-order valence-electron chi connectivity index (χ0n) is 13.8. The van der Waals surface area contributed by atoms with E-state index in [0.29, 0.717) is 23.4 Å². The number of nitrogens with zero attached hydrogens (tertiary/aromatic N) is 1. The molecule has 0 bridgehead atoms. The highest BCUT2D eigenvalue weighted by molar-refractivity contribution is 7.13. The second kappa shape index (κ2) is 5.97. The van der Waals surface area contributed by atoms with E-state index in [1.165, 1.54) is 11.5 Å². The molecule has 1 aliphatic carbocycles. The number of nitrogens with one attached hydrogen (secondary N) is 1. The molecule has 0 fully saturated rings. The number of amides is 1. The Labute approximate surface area is 148 Å². The maximum Gasteiger partial charge on any atom is 0.411 e. The van der Waals surface area contributed by atoms with Gasteiger partial charge in [-0.05, 0) is 29.6 Å². The van der Waals surface area contributed by atoms with Gasteiger partial charge < -0.3 is 4.74 Å². The second-order valence-corrected chi connectivity index (χ2v) is 7.19. The lowest BCUT2D eigenvalue weighted by atomic mass is 9.86. The number of hydrogen-bond donors (Lipinski definition) is 1. The largest absolute Gasteiger partial charge is 0.449 e. The van der Waals surface area contributed by atoms with Crippen molar-refractivity contribution in [2.24, 2.45) is 5.92 Å². The van der Waals surface area contributed by atoms with Crippen LogP contribution >= 0.6 is 11.5 Å². The van der Waals surface area contributed by atoms with Gasteiger partial charge in [0.15, 0.2) is 5.78 Å². The normalized spacial score (nSPS) is 12.4. The van der Waals surface area contributed by atoms with Crippen molar-refractivity contribution < 1.29 is 14.3 Å². The van der Waals surface area contributed by atoms with Gasteiger partial charge in [-0.15, -0.1) is 0 Å². The highest BCUT2D eigenvalue weighted by Gasteiger charge is 2.30. The van der Waals surface area contributed by atoms with E-state index in [1.54, 1.807) is 12.1 Å². The molecule has 4 rings (SSSR count). The number of ether oxygens (including phenoxy) is 1. The summed E-state index contributed by atoms with van der Waals surface area (Å²) in [5, 5.41) is 3.60. The van der Waals surface area contributed by atoms with E-state index in [2.05, 4.69) is 9.69 Å². The number of carbonyl (C=O) groups excluding carboxylic acids is 2. The van der Waals surface area contributed by atoms with Crippen molar-refractivity contribution in [2.75, 3.05) is 11.9 Å². The second-order valence-electron chi connectivity index (χ2n) is 6.38. The summed E-state index contributed by atoms with van der Waals surface area (Å²) < 4.78 is 10.7. The Morgan fingerprint density at radius 2 is 1.96 bits per heavy atom. The minimum atomic E-state index is -0.558. The van der Waals surface area contributed by atoms with Gasteiger partial charge in [0.05, 0.1) is 28.3 Å². The molecule has 126 valence electrons. The molecule has 1 aromatic heterocycles. The van der Waals surface area contributed by atoms with E-state index in [9.17, 15) is 9.59 Å². The Hall–Kier alpha value is -2.73. The topological polar surface area (TPSA) is 68.3 Å². The number of fused-ring (bicyclic) bond motifs is 2. The molecule has 0 spiro atoms. The van der Waals surface area contributed by atoms with Crippen LogP contribution in [-0.4, -0.2) is 22.9 Å². The minimum absolute atomic E-state index is 0.104. The molecule has 0 radical (unpaired) electrons. The van der Waals surface area contributed by atoms with Gasteiger partial charge in [-0.1, -0.05) is 38.1 Å². The average molecular weight is 352 g/mol. The Morgan fingerprint density at radius 1 is 1.20 bits per heavy atom. The molecule has 6 heteroatoms. The Kier molecular flexibility index (Phi) is 3.77. The number of ketones is 1. The SMILES string of the molecule is CC(C)COC(=O)Nc1cccc2c1C(=O)c1cccc3snc-2c13. The summed E-state index contributed by atoms with van der Waals surface area (Å²) in [6.45, 7) is 4.25. The fourth-order valence-corrected chi connectivity index (χ4v) is 3.80. The number of benzene rings is 2. The summed E-state index contributed by atoms with van der Waals surface area (Å²) in [6, 6.07) is 11.0. The standard InChI is InChI=1S/C19H16N2O3S/c1-10(2)9-24-19(23)20-13-7-3-5-11-15(13)18(22)12-6-4-8-14-16(12)17(11)21-25-14/h3-8,10H,9H2,1-2H3,(H,20,23). The number of hydrogen-bond acceptors (Lipinski definition) is 5. The van der Waals surface area contributed by atoms with Crippen LogP contribution in [0.2, 0.25) is 0 Å². The maximum absolute atomic E-state index is 13.0. The van der Waals surface area contributed by atoms with Crippen LogP contribution < -0.4 is 5.32 Å². The average Bonchev–Trinajstić information content (AvgIpc) is 3.03. The smallest absolute Gasteiger partial charge is 0.411 e. The summed E-state index contributed by atoms with van der Waals surface area (Å²) in [5.74, 6) is 0.139. The zero-order chi connectivity index (χ0) is 17.6. The molecule has 1 N–H and O–H groups in total. The van der Waals surface area contributed by atoms with E-state index in [4.69, 9.17) is 4.74 Å². The number of anilines is 1. The summed E-state index contributed by atoms with van der Waals surface area (Å²) in [5.41, 5.74) is 3.08. The van der Waals surface area contributed by atoms with Gasteiger partial charge >= 0.3 is 6.09 Å². The molecule has 0 atom stereocenters. The molecule has 2 aromatic carbocycles. The predicted molar refractivity (Wildman–Crippen MR) is 98.3 cm³/mol. The first-order valence-corrected chi connectivity index (χ1v) is 8.84. The lowest BCUT2D eigenvalue weighted by Crippen LogP contribution is -2.20. The van der Waals surface area contributed by atoms with Crippen LogP contribution in [0.25, 0.3) is 21.3 Å². The van der Waals surface area contributed by atoms with E-state index < -0.39 is 6.09 Å². The van der Waals surface area contributed by atoms with Gasteiger partial charge in [-0.3, -0.25) is 10.1 Å². The van der Waals surface area contributed by atoms with Gasteiger partial charge in [-0.2, -0.15) is 4.37 Å². The highest BCUT2D eigenvalue weighted by Crippen LogP contribution is 2.42. The monoisotopic (exact) mass is 352 g/mol. The van der Waals surface area contributed by atoms with Crippen molar-refractivity contribution in [2.45, 2.75) is 13.8 Å². The van der Waals surface area contributed by atoms with Crippen molar-refractivity contribution in [3.63, 3.8) is 0 Å². The first-order chi connectivity index (χ1) is 12.1. The van der Waals surface area contributed by atoms with Crippen molar-refractivity contribution in [3.05, 3.63) is 47.5 Å². The molecule has 0 saturated carbocycles. The van der Waals surface area contributed by atoms with Crippen molar-refractivity contribution >= 4 is 39.2 Å². The third kappa shape index (κ3) is 2.59. The van der Waals surface area contributed by atoms with Crippen LogP contribution in [0.3, 0.4) is 0 Å². The van der Waals surface area contributed by atoms with Crippen LogP contribution in [0.5, 0.6) is 0 Å².